The molecular formula is C13H19Br2NOS. The maximum Gasteiger partial charge on any atom is 0.137 e. The third-order valence-electron chi connectivity index (χ3n) is 2.56. The number of benzene rings is 1. The number of halogens is 2. The Morgan fingerprint density at radius 1 is 1.28 bits per heavy atom. The summed E-state index contributed by atoms with van der Waals surface area (Å²) < 4.78 is 7.46. The van der Waals surface area contributed by atoms with Gasteiger partial charge in [0.15, 0.2) is 0 Å². The lowest BCUT2D eigenvalue weighted by atomic mass is 10.2. The number of nitrogens with one attached hydrogen (secondary N) is 1. The van der Waals surface area contributed by atoms with Gasteiger partial charge in [0, 0.05) is 16.6 Å². The Morgan fingerprint density at radius 2 is 2.06 bits per heavy atom. The number of thioether (sulfide) groups is 1. The topological polar surface area (TPSA) is 21.3 Å². The van der Waals surface area contributed by atoms with Crippen LogP contribution in [0.3, 0.4) is 0 Å². The van der Waals surface area contributed by atoms with Gasteiger partial charge in [0.1, 0.15) is 5.75 Å². The van der Waals surface area contributed by atoms with Gasteiger partial charge in [-0.05, 0) is 59.5 Å². The SMILES string of the molecule is COc1c(Br)cc(Br)cc1CNCCCCSC. The fourth-order valence-electron chi connectivity index (χ4n) is 1.69. The Morgan fingerprint density at radius 3 is 2.72 bits per heavy atom. The molecule has 1 rings (SSSR count). The number of rotatable bonds is 8. The van der Waals surface area contributed by atoms with Crippen molar-refractivity contribution in [1.82, 2.24) is 5.32 Å². The van der Waals surface area contributed by atoms with Crippen molar-refractivity contribution < 1.29 is 4.74 Å². The van der Waals surface area contributed by atoms with E-state index in [0.29, 0.717) is 0 Å². The van der Waals surface area contributed by atoms with Crippen LogP contribution in [0.1, 0.15) is 18.4 Å². The molecule has 0 heterocycles. The highest BCUT2D eigenvalue weighted by Gasteiger charge is 2.08. The summed E-state index contributed by atoms with van der Waals surface area (Å²) in [6, 6.07) is 4.10. The molecule has 2 nitrogen and oxygen atoms in total. The molecule has 0 aliphatic rings. The summed E-state index contributed by atoms with van der Waals surface area (Å²) >= 11 is 8.93. The summed E-state index contributed by atoms with van der Waals surface area (Å²) in [5.74, 6) is 2.16. The van der Waals surface area contributed by atoms with E-state index in [2.05, 4.69) is 49.5 Å². The van der Waals surface area contributed by atoms with E-state index in [1.54, 1.807) is 7.11 Å². The van der Waals surface area contributed by atoms with Gasteiger partial charge in [-0.25, -0.2) is 0 Å². The summed E-state index contributed by atoms with van der Waals surface area (Å²) in [7, 11) is 1.70. The number of hydrogen-bond donors (Lipinski definition) is 1. The van der Waals surface area contributed by atoms with E-state index < -0.39 is 0 Å². The van der Waals surface area contributed by atoms with Crippen LogP contribution in [0.25, 0.3) is 0 Å². The van der Waals surface area contributed by atoms with Gasteiger partial charge in [-0.1, -0.05) is 15.9 Å². The van der Waals surface area contributed by atoms with E-state index in [1.807, 2.05) is 17.8 Å². The average Bonchev–Trinajstić information content (AvgIpc) is 2.33. The lowest BCUT2D eigenvalue weighted by Crippen LogP contribution is -2.15. The molecule has 1 N–H and O–H groups in total. The van der Waals surface area contributed by atoms with Crippen LogP contribution >= 0.6 is 43.6 Å². The smallest absolute Gasteiger partial charge is 0.137 e. The number of ether oxygens (including phenoxy) is 1. The lowest BCUT2D eigenvalue weighted by Gasteiger charge is -2.12. The quantitative estimate of drug-likeness (QED) is 0.655. The Balaban J connectivity index is 2.46. The Bertz CT molecular complexity index is 374. The van der Waals surface area contributed by atoms with E-state index in [9.17, 15) is 0 Å². The molecule has 0 bridgehead atoms. The fraction of sp³-hybridized carbons (Fsp3) is 0.538. The van der Waals surface area contributed by atoms with Gasteiger partial charge in [0.25, 0.3) is 0 Å². The number of methoxy groups -OCH3 is 1. The molecule has 0 spiro atoms. The standard InChI is InChI=1S/C13H19Br2NOS/c1-17-13-10(7-11(14)8-12(13)15)9-16-5-3-4-6-18-2/h7-8,16H,3-6,9H2,1-2H3. The molecule has 0 fully saturated rings. The molecule has 0 aliphatic carbocycles. The zero-order chi connectivity index (χ0) is 13.4. The third kappa shape index (κ3) is 5.51. The molecule has 0 aliphatic heterocycles. The first-order valence-electron chi connectivity index (χ1n) is 5.90. The zero-order valence-electron chi connectivity index (χ0n) is 10.8. The third-order valence-corrected chi connectivity index (χ3v) is 4.30. The highest BCUT2D eigenvalue weighted by molar-refractivity contribution is 9.11. The Labute approximate surface area is 131 Å². The molecule has 18 heavy (non-hydrogen) atoms. The van der Waals surface area contributed by atoms with Gasteiger partial charge < -0.3 is 10.1 Å². The first kappa shape index (κ1) is 16.3. The maximum absolute atomic E-state index is 5.42. The largest absolute Gasteiger partial charge is 0.495 e. The van der Waals surface area contributed by atoms with Gasteiger partial charge in [-0.2, -0.15) is 11.8 Å². The second kappa shape index (κ2) is 9.23. The Hall–Kier alpha value is 0.290. The molecule has 0 radical (unpaired) electrons. The molecule has 0 aromatic heterocycles. The molecule has 1 aromatic rings. The molecule has 0 atom stereocenters. The van der Waals surface area contributed by atoms with Crippen LogP contribution in [0.2, 0.25) is 0 Å². The molecule has 0 unspecified atom stereocenters. The number of hydrogen-bond acceptors (Lipinski definition) is 3. The molecule has 0 saturated heterocycles. The molecular weight excluding hydrogens is 378 g/mol. The number of unbranched alkanes of at least 4 members (excludes halogenated alkanes) is 1. The minimum absolute atomic E-state index is 0.834. The first-order chi connectivity index (χ1) is 8.69. The highest BCUT2D eigenvalue weighted by atomic mass is 79.9. The second-order valence-corrected chi connectivity index (χ2v) is 6.71. The molecule has 0 amide bonds. The van der Waals surface area contributed by atoms with Crippen molar-refractivity contribution in [2.45, 2.75) is 19.4 Å². The average molecular weight is 397 g/mol. The summed E-state index contributed by atoms with van der Waals surface area (Å²) in [5.41, 5.74) is 1.17. The van der Waals surface area contributed by atoms with Crippen molar-refractivity contribution in [3.63, 3.8) is 0 Å². The van der Waals surface area contributed by atoms with E-state index >= 15 is 0 Å². The summed E-state index contributed by atoms with van der Waals surface area (Å²) in [6.45, 7) is 1.88. The van der Waals surface area contributed by atoms with Gasteiger partial charge in [-0.3, -0.25) is 0 Å². The maximum atomic E-state index is 5.42. The highest BCUT2D eigenvalue weighted by Crippen LogP contribution is 2.32. The molecule has 0 saturated carbocycles. The van der Waals surface area contributed by atoms with Crippen molar-refractivity contribution >= 4 is 43.6 Å². The Kier molecular flexibility index (Phi) is 8.39. The van der Waals surface area contributed by atoms with Crippen molar-refractivity contribution in [3.8, 4) is 5.75 Å². The van der Waals surface area contributed by atoms with Crippen LogP contribution in [0, 0.1) is 0 Å². The predicted molar refractivity (Wildman–Crippen MR) is 87.7 cm³/mol. The summed E-state index contributed by atoms with van der Waals surface area (Å²) in [6.07, 6.45) is 4.64. The van der Waals surface area contributed by atoms with Crippen LogP contribution in [-0.4, -0.2) is 25.7 Å². The molecule has 102 valence electrons. The van der Waals surface area contributed by atoms with E-state index in [4.69, 9.17) is 4.74 Å². The second-order valence-electron chi connectivity index (χ2n) is 3.96. The molecule has 1 aromatic carbocycles. The van der Waals surface area contributed by atoms with Gasteiger partial charge in [-0.15, -0.1) is 0 Å². The summed E-state index contributed by atoms with van der Waals surface area (Å²) in [4.78, 5) is 0. The predicted octanol–water partition coefficient (Wildman–Crippen LogP) is 4.45. The monoisotopic (exact) mass is 395 g/mol. The van der Waals surface area contributed by atoms with Crippen LogP contribution < -0.4 is 10.1 Å². The van der Waals surface area contributed by atoms with E-state index in [1.165, 1.54) is 24.2 Å². The first-order valence-corrected chi connectivity index (χ1v) is 8.88. The van der Waals surface area contributed by atoms with Crippen molar-refractivity contribution in [2.24, 2.45) is 0 Å². The van der Waals surface area contributed by atoms with Crippen LogP contribution in [0.4, 0.5) is 0 Å². The van der Waals surface area contributed by atoms with E-state index in [0.717, 1.165) is 27.8 Å². The van der Waals surface area contributed by atoms with Crippen LogP contribution in [-0.2, 0) is 6.54 Å². The van der Waals surface area contributed by atoms with E-state index in [-0.39, 0.29) is 0 Å². The molecule has 5 heteroatoms. The van der Waals surface area contributed by atoms with Crippen LogP contribution in [0.5, 0.6) is 5.75 Å². The van der Waals surface area contributed by atoms with Crippen molar-refractivity contribution in [3.05, 3.63) is 26.6 Å². The fourth-order valence-corrected chi connectivity index (χ4v) is 3.66. The van der Waals surface area contributed by atoms with Crippen LogP contribution in [0.15, 0.2) is 21.1 Å². The van der Waals surface area contributed by atoms with Crippen molar-refractivity contribution in [1.29, 1.82) is 0 Å². The van der Waals surface area contributed by atoms with Gasteiger partial charge in [0.05, 0.1) is 11.6 Å². The van der Waals surface area contributed by atoms with Gasteiger partial charge in [0.2, 0.25) is 0 Å². The zero-order valence-corrected chi connectivity index (χ0v) is 14.8. The summed E-state index contributed by atoms with van der Waals surface area (Å²) in [5, 5.41) is 3.46. The van der Waals surface area contributed by atoms with Gasteiger partial charge >= 0.3 is 0 Å². The normalized spacial score (nSPS) is 10.7. The van der Waals surface area contributed by atoms with Crippen molar-refractivity contribution in [2.75, 3.05) is 25.7 Å². The minimum Gasteiger partial charge on any atom is -0.495 e. The lowest BCUT2D eigenvalue weighted by molar-refractivity contribution is 0.405. The minimum atomic E-state index is 0.834.